The Morgan fingerprint density at radius 2 is 1.65 bits per heavy atom. The minimum Gasteiger partial charge on any atom is -0.493 e. The molecule has 4 heteroatoms. The number of allylic oxidation sites excluding steroid dienone is 1. The summed E-state index contributed by atoms with van der Waals surface area (Å²) in [6.45, 7) is 4.29. The maximum absolute atomic E-state index is 13.2. The molecule has 0 atom stereocenters. The Morgan fingerprint density at radius 1 is 1.04 bits per heavy atom. The largest absolute Gasteiger partial charge is 0.493 e. The molecule has 0 saturated carbocycles. The first-order valence-electron chi connectivity index (χ1n) is 8.67. The number of carbonyl (C=O) groups is 1. The number of hydrogen-bond donors (Lipinski definition) is 0. The molecule has 0 radical (unpaired) electrons. The molecular weight excluding hydrogens is 326 g/mol. The van der Waals surface area contributed by atoms with E-state index < -0.39 is 0 Å². The van der Waals surface area contributed by atoms with Gasteiger partial charge in [-0.15, -0.1) is 0 Å². The standard InChI is InChI=1S/C22H25NO3/c1-22(2)14-17-13-20(26-5)19(25-4)12-16(17)11-18(23(22)3)21(24)15-9-7-6-8-10-15/h6-13H,14H2,1-5H3. The van der Waals surface area contributed by atoms with E-state index in [1.165, 1.54) is 0 Å². The van der Waals surface area contributed by atoms with E-state index in [1.807, 2.05) is 55.6 Å². The molecule has 1 aliphatic heterocycles. The molecule has 3 rings (SSSR count). The number of nitrogens with zero attached hydrogens (tertiary/aromatic N) is 1. The number of likely N-dealkylation sites (N-methyl/N-ethyl adjacent to an activating group) is 1. The summed E-state index contributed by atoms with van der Waals surface area (Å²) >= 11 is 0. The summed E-state index contributed by atoms with van der Waals surface area (Å²) in [5.41, 5.74) is 3.26. The number of methoxy groups -OCH3 is 2. The Morgan fingerprint density at radius 3 is 2.27 bits per heavy atom. The van der Waals surface area contributed by atoms with Crippen LogP contribution in [0.5, 0.6) is 11.5 Å². The first-order chi connectivity index (χ1) is 12.4. The molecule has 0 unspecified atom stereocenters. The van der Waals surface area contributed by atoms with Crippen LogP contribution < -0.4 is 9.47 Å². The third-order valence-electron chi connectivity index (χ3n) is 5.10. The van der Waals surface area contributed by atoms with Gasteiger partial charge in [-0.2, -0.15) is 0 Å². The molecule has 1 aliphatic rings. The Balaban J connectivity index is 2.17. The van der Waals surface area contributed by atoms with Gasteiger partial charge in [-0.3, -0.25) is 4.79 Å². The third kappa shape index (κ3) is 3.19. The van der Waals surface area contributed by atoms with E-state index >= 15 is 0 Å². The molecule has 0 fully saturated rings. The van der Waals surface area contributed by atoms with Crippen molar-refractivity contribution in [1.82, 2.24) is 4.90 Å². The van der Waals surface area contributed by atoms with Crippen LogP contribution in [0.4, 0.5) is 0 Å². The van der Waals surface area contributed by atoms with Gasteiger partial charge in [0.2, 0.25) is 5.78 Å². The van der Waals surface area contributed by atoms with E-state index in [2.05, 4.69) is 18.7 Å². The zero-order valence-electron chi connectivity index (χ0n) is 16.0. The number of carbonyl (C=O) groups excluding carboxylic acids is 1. The first-order valence-corrected chi connectivity index (χ1v) is 8.67. The number of ketones is 1. The zero-order valence-corrected chi connectivity index (χ0v) is 16.0. The van der Waals surface area contributed by atoms with Crippen molar-refractivity contribution in [2.45, 2.75) is 25.8 Å². The highest BCUT2D eigenvalue weighted by atomic mass is 16.5. The average Bonchev–Trinajstić information content (AvgIpc) is 2.74. The Labute approximate surface area is 155 Å². The molecule has 4 nitrogen and oxygen atoms in total. The molecule has 0 N–H and O–H groups in total. The van der Waals surface area contributed by atoms with Gasteiger partial charge in [0.1, 0.15) is 0 Å². The molecule has 2 aromatic carbocycles. The molecule has 2 aromatic rings. The van der Waals surface area contributed by atoms with E-state index in [-0.39, 0.29) is 11.3 Å². The van der Waals surface area contributed by atoms with Crippen molar-refractivity contribution in [2.24, 2.45) is 0 Å². The minimum atomic E-state index is -0.221. The van der Waals surface area contributed by atoms with Crippen LogP contribution in [0, 0.1) is 0 Å². The number of fused-ring (bicyclic) bond motifs is 1. The van der Waals surface area contributed by atoms with Gasteiger partial charge in [0.05, 0.1) is 19.9 Å². The maximum Gasteiger partial charge on any atom is 0.209 e. The molecule has 26 heavy (non-hydrogen) atoms. The topological polar surface area (TPSA) is 38.8 Å². The number of Topliss-reactive ketones (excluding diaryl/α,β-unsaturated/α-hetero) is 1. The summed E-state index contributed by atoms with van der Waals surface area (Å²) < 4.78 is 10.9. The molecule has 0 amide bonds. The average molecular weight is 351 g/mol. The van der Waals surface area contributed by atoms with Crippen LogP contribution >= 0.6 is 0 Å². The van der Waals surface area contributed by atoms with Gasteiger partial charge < -0.3 is 14.4 Å². The van der Waals surface area contributed by atoms with E-state index in [0.29, 0.717) is 22.8 Å². The maximum atomic E-state index is 13.2. The first kappa shape index (κ1) is 18.1. The van der Waals surface area contributed by atoms with Gasteiger partial charge in [0, 0.05) is 18.2 Å². The molecule has 0 aromatic heterocycles. The van der Waals surface area contributed by atoms with Gasteiger partial charge in [-0.05, 0) is 49.6 Å². The van der Waals surface area contributed by atoms with Crippen molar-refractivity contribution >= 4 is 11.9 Å². The van der Waals surface area contributed by atoms with E-state index in [0.717, 1.165) is 17.5 Å². The smallest absolute Gasteiger partial charge is 0.209 e. The fourth-order valence-electron chi connectivity index (χ4n) is 3.33. The van der Waals surface area contributed by atoms with Gasteiger partial charge in [-0.1, -0.05) is 30.3 Å². The van der Waals surface area contributed by atoms with Crippen LogP contribution in [0.25, 0.3) is 6.08 Å². The van der Waals surface area contributed by atoms with Gasteiger partial charge in [0.15, 0.2) is 11.5 Å². The molecule has 1 heterocycles. The summed E-state index contributed by atoms with van der Waals surface area (Å²) in [6, 6.07) is 13.3. The summed E-state index contributed by atoms with van der Waals surface area (Å²) in [6.07, 6.45) is 2.75. The number of benzene rings is 2. The third-order valence-corrected chi connectivity index (χ3v) is 5.10. The quantitative estimate of drug-likeness (QED) is 0.774. The zero-order chi connectivity index (χ0) is 18.9. The second-order valence-corrected chi connectivity index (χ2v) is 7.18. The van der Waals surface area contributed by atoms with E-state index in [9.17, 15) is 4.79 Å². The lowest BCUT2D eigenvalue weighted by molar-refractivity contribution is 0.0958. The van der Waals surface area contributed by atoms with Crippen LogP contribution in [0.15, 0.2) is 48.2 Å². The molecule has 0 saturated heterocycles. The van der Waals surface area contributed by atoms with Crippen LogP contribution in [0.2, 0.25) is 0 Å². The highest BCUT2D eigenvalue weighted by Gasteiger charge is 2.33. The summed E-state index contributed by atoms with van der Waals surface area (Å²) in [5.74, 6) is 1.39. The molecule has 0 aliphatic carbocycles. The van der Waals surface area contributed by atoms with E-state index in [4.69, 9.17) is 9.47 Å². The Bertz CT molecular complexity index is 853. The molecule has 0 spiro atoms. The van der Waals surface area contributed by atoms with Crippen LogP contribution in [0.3, 0.4) is 0 Å². The molecule has 136 valence electrons. The second-order valence-electron chi connectivity index (χ2n) is 7.18. The number of rotatable bonds is 4. The monoisotopic (exact) mass is 351 g/mol. The minimum absolute atomic E-state index is 0.0174. The van der Waals surface area contributed by atoms with Crippen molar-refractivity contribution in [2.75, 3.05) is 21.3 Å². The van der Waals surface area contributed by atoms with Crippen molar-refractivity contribution in [1.29, 1.82) is 0 Å². The SMILES string of the molecule is COc1cc2c(cc1OC)CC(C)(C)N(C)C(C(=O)c1ccccc1)=C2. The highest BCUT2D eigenvalue weighted by Crippen LogP contribution is 2.37. The molecule has 0 bridgehead atoms. The van der Waals surface area contributed by atoms with Crippen molar-refractivity contribution < 1.29 is 14.3 Å². The number of hydrogen-bond acceptors (Lipinski definition) is 4. The van der Waals surface area contributed by atoms with Crippen molar-refractivity contribution in [3.8, 4) is 11.5 Å². The van der Waals surface area contributed by atoms with Crippen LogP contribution in [-0.2, 0) is 6.42 Å². The number of ether oxygens (including phenoxy) is 2. The van der Waals surface area contributed by atoms with Crippen molar-refractivity contribution in [3.05, 3.63) is 64.9 Å². The normalized spacial score (nSPS) is 15.6. The van der Waals surface area contributed by atoms with Gasteiger partial charge in [0.25, 0.3) is 0 Å². The predicted molar refractivity (Wildman–Crippen MR) is 104 cm³/mol. The van der Waals surface area contributed by atoms with Crippen LogP contribution in [-0.4, -0.2) is 37.5 Å². The lowest BCUT2D eigenvalue weighted by atomic mass is 9.92. The highest BCUT2D eigenvalue weighted by molar-refractivity contribution is 6.11. The lowest BCUT2D eigenvalue weighted by Gasteiger charge is -2.37. The lowest BCUT2D eigenvalue weighted by Crippen LogP contribution is -2.43. The Kier molecular flexibility index (Phi) is 4.77. The fourth-order valence-corrected chi connectivity index (χ4v) is 3.33. The van der Waals surface area contributed by atoms with Gasteiger partial charge >= 0.3 is 0 Å². The van der Waals surface area contributed by atoms with Crippen LogP contribution in [0.1, 0.15) is 35.3 Å². The predicted octanol–water partition coefficient (Wildman–Crippen LogP) is 4.19. The summed E-state index contributed by atoms with van der Waals surface area (Å²) in [5, 5.41) is 0. The Hall–Kier alpha value is -2.75. The molecular formula is C22H25NO3. The van der Waals surface area contributed by atoms with Crippen molar-refractivity contribution in [3.63, 3.8) is 0 Å². The van der Waals surface area contributed by atoms with E-state index in [1.54, 1.807) is 14.2 Å². The fraction of sp³-hybridized carbons (Fsp3) is 0.318. The second kappa shape index (κ2) is 6.87. The summed E-state index contributed by atoms with van der Waals surface area (Å²) in [4.78, 5) is 15.2. The van der Waals surface area contributed by atoms with Gasteiger partial charge in [-0.25, -0.2) is 0 Å². The summed E-state index contributed by atoms with van der Waals surface area (Å²) in [7, 11) is 5.24.